The van der Waals surface area contributed by atoms with Gasteiger partial charge in [-0.05, 0) is 12.1 Å². The lowest BCUT2D eigenvalue weighted by Crippen LogP contribution is -1.98. The zero-order chi connectivity index (χ0) is 11.2. The molecule has 0 atom stereocenters. The quantitative estimate of drug-likeness (QED) is 0.474. The van der Waals surface area contributed by atoms with Gasteiger partial charge in [-0.2, -0.15) is 0 Å². The lowest BCUT2D eigenvalue weighted by Gasteiger charge is -2.04. The number of benzene rings is 1. The molecule has 6 nitrogen and oxygen atoms in total. The van der Waals surface area contributed by atoms with Gasteiger partial charge in [0.05, 0.1) is 10.8 Å². The van der Waals surface area contributed by atoms with Crippen LogP contribution in [0.25, 0.3) is 10.8 Å². The van der Waals surface area contributed by atoms with Gasteiger partial charge in [0, 0.05) is 0 Å². The molecule has 0 fully saturated rings. The monoisotopic (exact) mass is 210 g/mol. The van der Waals surface area contributed by atoms with Crippen molar-refractivity contribution in [3.05, 3.63) is 22.6 Å². The predicted octanol–water partition coefficient (Wildman–Crippen LogP) is 0.615. The second kappa shape index (κ2) is 2.81. The van der Waals surface area contributed by atoms with E-state index in [2.05, 4.69) is 4.42 Å². The molecule has 0 saturated heterocycles. The summed E-state index contributed by atoms with van der Waals surface area (Å²) in [6.07, 6.45) is 0. The summed E-state index contributed by atoms with van der Waals surface area (Å²) in [6, 6.07) is 2.24. The molecule has 1 aromatic carbocycles. The largest absolute Gasteiger partial charge is 0.504 e. The Morgan fingerprint density at radius 1 is 1.00 bits per heavy atom. The minimum atomic E-state index is -1.01. The molecule has 6 heteroatoms. The fraction of sp³-hybridized carbons (Fsp3) is 0. The first-order chi connectivity index (χ1) is 7.02. The van der Waals surface area contributed by atoms with Crippen molar-refractivity contribution in [3.8, 4) is 23.2 Å². The number of hydrogen-bond acceptors (Lipinski definition) is 6. The fourth-order valence-corrected chi connectivity index (χ4v) is 1.29. The summed E-state index contributed by atoms with van der Waals surface area (Å²) in [5.74, 6) is -3.00. The van der Waals surface area contributed by atoms with E-state index < -0.39 is 28.8 Å². The van der Waals surface area contributed by atoms with Crippen LogP contribution in [0.4, 0.5) is 0 Å². The summed E-state index contributed by atoms with van der Waals surface area (Å²) < 4.78 is 4.27. The zero-order valence-electron chi connectivity index (χ0n) is 7.26. The van der Waals surface area contributed by atoms with Crippen LogP contribution >= 0.6 is 0 Å². The third-order valence-electron chi connectivity index (χ3n) is 2.01. The van der Waals surface area contributed by atoms with Gasteiger partial charge in [-0.15, -0.1) is 0 Å². The normalized spacial score (nSPS) is 10.7. The van der Waals surface area contributed by atoms with Crippen LogP contribution in [0, 0.1) is 0 Å². The Bertz CT molecular complexity index is 589. The number of fused-ring (bicyclic) bond motifs is 1. The lowest BCUT2D eigenvalue weighted by molar-refractivity contribution is 0.284. The van der Waals surface area contributed by atoms with Gasteiger partial charge in [-0.1, -0.05) is 0 Å². The van der Waals surface area contributed by atoms with E-state index >= 15 is 0 Å². The van der Waals surface area contributed by atoms with E-state index in [0.29, 0.717) is 0 Å². The highest BCUT2D eigenvalue weighted by atomic mass is 16.5. The van der Waals surface area contributed by atoms with Crippen LogP contribution in [-0.4, -0.2) is 20.4 Å². The molecule has 0 unspecified atom stereocenters. The molecule has 78 valence electrons. The second-order valence-electron chi connectivity index (χ2n) is 2.90. The lowest BCUT2D eigenvalue weighted by atomic mass is 10.1. The zero-order valence-corrected chi connectivity index (χ0v) is 7.26. The van der Waals surface area contributed by atoms with E-state index in [1.807, 2.05) is 0 Å². The van der Waals surface area contributed by atoms with Crippen molar-refractivity contribution in [1.82, 2.24) is 0 Å². The van der Waals surface area contributed by atoms with Crippen molar-refractivity contribution < 1.29 is 24.8 Å². The molecule has 0 amide bonds. The number of phenols is 2. The van der Waals surface area contributed by atoms with Crippen LogP contribution in [0.15, 0.2) is 21.3 Å². The number of rotatable bonds is 0. The van der Waals surface area contributed by atoms with Crippen molar-refractivity contribution in [2.75, 3.05) is 0 Å². The molecule has 0 aliphatic rings. The summed E-state index contributed by atoms with van der Waals surface area (Å²) in [5.41, 5.74) is -0.921. The molecule has 2 aromatic rings. The first kappa shape index (κ1) is 9.20. The molecule has 2 rings (SSSR count). The molecule has 0 aliphatic carbocycles. The van der Waals surface area contributed by atoms with Crippen molar-refractivity contribution >= 4 is 10.8 Å². The minimum Gasteiger partial charge on any atom is -0.504 e. The summed E-state index contributed by atoms with van der Waals surface area (Å²) in [5, 5.41) is 36.4. The Balaban J connectivity index is 3.11. The Labute approximate surface area is 82.3 Å². The van der Waals surface area contributed by atoms with Crippen LogP contribution in [0.2, 0.25) is 0 Å². The van der Waals surface area contributed by atoms with Gasteiger partial charge < -0.3 is 24.8 Å². The van der Waals surface area contributed by atoms with Gasteiger partial charge in [0.15, 0.2) is 11.5 Å². The van der Waals surface area contributed by atoms with Gasteiger partial charge in [-0.25, -0.2) is 4.79 Å². The Morgan fingerprint density at radius 3 is 2.33 bits per heavy atom. The first-order valence-electron chi connectivity index (χ1n) is 3.92. The molecule has 0 saturated carbocycles. The minimum absolute atomic E-state index is 0.138. The highest BCUT2D eigenvalue weighted by Gasteiger charge is 2.17. The first-order valence-corrected chi connectivity index (χ1v) is 3.92. The smallest absolute Gasteiger partial charge is 0.346 e. The third kappa shape index (κ3) is 1.15. The van der Waals surface area contributed by atoms with Gasteiger partial charge >= 0.3 is 11.6 Å². The summed E-state index contributed by atoms with van der Waals surface area (Å²) in [6.45, 7) is 0. The Kier molecular flexibility index (Phi) is 1.72. The molecule has 0 spiro atoms. The average Bonchev–Trinajstić information content (AvgIpc) is 2.19. The fourth-order valence-electron chi connectivity index (χ4n) is 1.29. The van der Waals surface area contributed by atoms with Crippen LogP contribution in [-0.2, 0) is 0 Å². The van der Waals surface area contributed by atoms with Crippen LogP contribution < -0.4 is 5.63 Å². The molecule has 1 heterocycles. The average molecular weight is 210 g/mol. The predicted molar refractivity (Wildman–Crippen MR) is 49.1 cm³/mol. The molecule has 0 bridgehead atoms. The molecule has 1 aromatic heterocycles. The third-order valence-corrected chi connectivity index (χ3v) is 2.01. The van der Waals surface area contributed by atoms with E-state index in [9.17, 15) is 15.0 Å². The molecule has 4 N–H and O–H groups in total. The molecule has 0 aliphatic heterocycles. The van der Waals surface area contributed by atoms with Gasteiger partial charge in [0.1, 0.15) is 0 Å². The summed E-state index contributed by atoms with van der Waals surface area (Å²) in [7, 11) is 0. The molecular weight excluding hydrogens is 204 g/mol. The van der Waals surface area contributed by atoms with Crippen molar-refractivity contribution in [2.24, 2.45) is 0 Å². The van der Waals surface area contributed by atoms with Crippen molar-refractivity contribution in [2.45, 2.75) is 0 Å². The van der Waals surface area contributed by atoms with Crippen LogP contribution in [0.3, 0.4) is 0 Å². The standard InChI is InChI=1S/C9H6O6/c10-4-2-1-3-5(6(4)11)7(12)9(14)15-8(3)13/h1-2,10-12,14H. The van der Waals surface area contributed by atoms with Crippen molar-refractivity contribution in [3.63, 3.8) is 0 Å². The van der Waals surface area contributed by atoms with Crippen LogP contribution in [0.1, 0.15) is 0 Å². The maximum absolute atomic E-state index is 11.2. The van der Waals surface area contributed by atoms with Gasteiger partial charge in [0.2, 0.25) is 5.75 Å². The number of hydrogen-bond donors (Lipinski definition) is 4. The van der Waals surface area contributed by atoms with E-state index in [0.717, 1.165) is 12.1 Å². The molecular formula is C9H6O6. The second-order valence-corrected chi connectivity index (χ2v) is 2.90. The highest BCUT2D eigenvalue weighted by molar-refractivity contribution is 5.95. The van der Waals surface area contributed by atoms with Gasteiger partial charge in [0.25, 0.3) is 0 Å². The Morgan fingerprint density at radius 2 is 1.67 bits per heavy atom. The highest BCUT2D eigenvalue weighted by Crippen LogP contribution is 2.41. The van der Waals surface area contributed by atoms with E-state index in [-0.39, 0.29) is 10.8 Å². The summed E-state index contributed by atoms with van der Waals surface area (Å²) >= 11 is 0. The van der Waals surface area contributed by atoms with Gasteiger partial charge in [-0.3, -0.25) is 0 Å². The Hall–Kier alpha value is -2.37. The van der Waals surface area contributed by atoms with Crippen LogP contribution in [0.5, 0.6) is 23.2 Å². The number of aromatic hydroxyl groups is 4. The molecule has 15 heavy (non-hydrogen) atoms. The SMILES string of the molecule is O=c1oc(O)c(O)c2c(O)c(O)ccc12. The number of phenolic OH excluding ortho intramolecular Hbond substituents is 2. The molecule has 0 radical (unpaired) electrons. The maximum atomic E-state index is 11.2. The van der Waals surface area contributed by atoms with E-state index in [1.165, 1.54) is 0 Å². The maximum Gasteiger partial charge on any atom is 0.346 e. The summed E-state index contributed by atoms with van der Waals surface area (Å²) in [4.78, 5) is 11.2. The van der Waals surface area contributed by atoms with E-state index in [1.54, 1.807) is 0 Å². The van der Waals surface area contributed by atoms with E-state index in [4.69, 9.17) is 10.2 Å². The van der Waals surface area contributed by atoms with Crippen molar-refractivity contribution in [1.29, 1.82) is 0 Å². The topological polar surface area (TPSA) is 111 Å².